The minimum Gasteiger partial charge on any atom is -0.464 e. The molecule has 0 radical (unpaired) electrons. The van der Waals surface area contributed by atoms with Gasteiger partial charge >= 0.3 is 0 Å². The third-order valence-corrected chi connectivity index (χ3v) is 3.69. The number of hydrogen-bond acceptors (Lipinski definition) is 5. The number of halogens is 1. The van der Waals surface area contributed by atoms with Crippen LogP contribution < -0.4 is 5.32 Å². The molecule has 6 heteroatoms. The van der Waals surface area contributed by atoms with Crippen LogP contribution in [0.4, 0.5) is 4.39 Å². The van der Waals surface area contributed by atoms with Gasteiger partial charge < -0.3 is 14.3 Å². The van der Waals surface area contributed by atoms with Gasteiger partial charge in [0.15, 0.2) is 5.76 Å². The van der Waals surface area contributed by atoms with Crippen LogP contribution in [0, 0.1) is 5.82 Å². The molecule has 3 aromatic heterocycles. The Labute approximate surface area is 137 Å². The lowest BCUT2D eigenvalue weighted by Gasteiger charge is -2.04. The van der Waals surface area contributed by atoms with E-state index in [1.165, 1.54) is 12.1 Å². The van der Waals surface area contributed by atoms with Gasteiger partial charge in [0, 0.05) is 36.3 Å². The topological polar surface area (TPSA) is 64.1 Å². The summed E-state index contributed by atoms with van der Waals surface area (Å²) in [6, 6.07) is 12.1. The summed E-state index contributed by atoms with van der Waals surface area (Å²) in [4.78, 5) is 4.22. The van der Waals surface area contributed by atoms with Gasteiger partial charge in [0.2, 0.25) is 0 Å². The highest BCUT2D eigenvalue weighted by Gasteiger charge is 2.09. The summed E-state index contributed by atoms with van der Waals surface area (Å²) in [6.45, 7) is 0.961. The Kier molecular flexibility index (Phi) is 3.80. The largest absolute Gasteiger partial charge is 0.464 e. The second-order valence-electron chi connectivity index (χ2n) is 5.40. The van der Waals surface area contributed by atoms with E-state index in [0.717, 1.165) is 22.3 Å². The van der Waals surface area contributed by atoms with Crippen LogP contribution in [0.2, 0.25) is 0 Å². The zero-order valence-corrected chi connectivity index (χ0v) is 12.7. The van der Waals surface area contributed by atoms with Gasteiger partial charge in [-0.25, -0.2) is 4.39 Å². The molecule has 0 saturated carbocycles. The predicted octanol–water partition coefficient (Wildman–Crippen LogP) is 3.91. The first-order valence-electron chi connectivity index (χ1n) is 7.53. The Bertz CT molecular complexity index is 963. The average molecular weight is 323 g/mol. The number of fused-ring (bicyclic) bond motifs is 1. The maximum atomic E-state index is 13.6. The first-order chi connectivity index (χ1) is 11.8. The third kappa shape index (κ3) is 2.91. The number of nitrogens with zero attached hydrogens (tertiary/aromatic N) is 2. The van der Waals surface area contributed by atoms with Crippen molar-refractivity contribution in [3.05, 3.63) is 72.0 Å². The highest BCUT2D eigenvalue weighted by molar-refractivity contribution is 5.80. The van der Waals surface area contributed by atoms with Crippen molar-refractivity contribution < 1.29 is 13.3 Å². The van der Waals surface area contributed by atoms with Gasteiger partial charge in [-0.1, -0.05) is 11.2 Å². The van der Waals surface area contributed by atoms with Crippen molar-refractivity contribution >= 4 is 11.0 Å². The maximum Gasteiger partial charge on any atom is 0.185 e. The second-order valence-corrected chi connectivity index (χ2v) is 5.40. The summed E-state index contributed by atoms with van der Waals surface area (Å²) in [5.74, 6) is 0.339. The fourth-order valence-electron chi connectivity index (χ4n) is 2.60. The second kappa shape index (κ2) is 6.25. The van der Waals surface area contributed by atoms with Crippen molar-refractivity contribution in [2.24, 2.45) is 0 Å². The van der Waals surface area contributed by atoms with Crippen LogP contribution in [-0.2, 0) is 13.1 Å². The molecule has 5 nitrogen and oxygen atoms in total. The Morgan fingerprint density at radius 1 is 1.08 bits per heavy atom. The van der Waals surface area contributed by atoms with Gasteiger partial charge in [-0.2, -0.15) is 0 Å². The summed E-state index contributed by atoms with van der Waals surface area (Å²) in [7, 11) is 0. The van der Waals surface area contributed by atoms with E-state index in [9.17, 15) is 4.39 Å². The number of pyridine rings is 1. The Morgan fingerprint density at radius 3 is 2.92 bits per heavy atom. The van der Waals surface area contributed by atoms with Crippen LogP contribution in [0.5, 0.6) is 0 Å². The van der Waals surface area contributed by atoms with E-state index in [4.69, 9.17) is 8.94 Å². The molecule has 1 N–H and O–H groups in total. The minimum absolute atomic E-state index is 0.278. The van der Waals surface area contributed by atoms with E-state index in [1.807, 2.05) is 24.3 Å². The number of rotatable bonds is 5. The summed E-state index contributed by atoms with van der Waals surface area (Å²) < 4.78 is 24.3. The highest BCUT2D eigenvalue weighted by atomic mass is 19.1. The van der Waals surface area contributed by atoms with Crippen molar-refractivity contribution in [2.45, 2.75) is 13.1 Å². The zero-order valence-electron chi connectivity index (χ0n) is 12.7. The lowest BCUT2D eigenvalue weighted by molar-refractivity contribution is 0.419. The smallest absolute Gasteiger partial charge is 0.185 e. The predicted molar refractivity (Wildman–Crippen MR) is 86.4 cm³/mol. The molecule has 0 aliphatic carbocycles. The Morgan fingerprint density at radius 2 is 2.04 bits per heavy atom. The highest BCUT2D eigenvalue weighted by Crippen LogP contribution is 2.22. The molecule has 0 fully saturated rings. The van der Waals surface area contributed by atoms with Gasteiger partial charge in [0.1, 0.15) is 17.1 Å². The molecule has 0 unspecified atom stereocenters. The Balaban J connectivity index is 1.44. The average Bonchev–Trinajstić information content (AvgIpc) is 3.25. The summed E-state index contributed by atoms with van der Waals surface area (Å²) in [5.41, 5.74) is 2.95. The van der Waals surface area contributed by atoms with E-state index in [-0.39, 0.29) is 5.82 Å². The lowest BCUT2D eigenvalue weighted by Crippen LogP contribution is -2.13. The normalized spacial score (nSPS) is 11.2. The third-order valence-electron chi connectivity index (χ3n) is 3.69. The van der Waals surface area contributed by atoms with Crippen molar-refractivity contribution in [3.63, 3.8) is 0 Å². The van der Waals surface area contributed by atoms with E-state index < -0.39 is 0 Å². The van der Waals surface area contributed by atoms with Gasteiger partial charge in [0.05, 0.1) is 12.0 Å². The molecule has 24 heavy (non-hydrogen) atoms. The van der Waals surface area contributed by atoms with Gasteiger partial charge in [-0.15, -0.1) is 0 Å². The fraction of sp³-hybridized carbons (Fsp3) is 0.111. The van der Waals surface area contributed by atoms with E-state index in [2.05, 4.69) is 15.5 Å². The van der Waals surface area contributed by atoms with Crippen LogP contribution >= 0.6 is 0 Å². The fourth-order valence-corrected chi connectivity index (χ4v) is 2.60. The number of nitrogens with one attached hydrogen (secondary N) is 1. The molecule has 120 valence electrons. The van der Waals surface area contributed by atoms with Gasteiger partial charge in [-0.05, 0) is 30.3 Å². The SMILES string of the molecule is Fc1cc(CNCc2cc(-c3ccccn3)on2)c2occc2c1. The molecule has 0 aliphatic rings. The number of furan rings is 1. The van der Waals surface area contributed by atoms with E-state index in [1.54, 1.807) is 18.5 Å². The van der Waals surface area contributed by atoms with Crippen LogP contribution in [0.25, 0.3) is 22.4 Å². The standard InChI is InChI=1S/C18H14FN3O2/c19-14-7-12-4-6-23-18(12)13(8-14)10-20-11-15-9-17(24-22-15)16-3-1-2-5-21-16/h1-9,20H,10-11H2. The minimum atomic E-state index is -0.278. The van der Waals surface area contributed by atoms with Crippen LogP contribution in [0.1, 0.15) is 11.3 Å². The van der Waals surface area contributed by atoms with Crippen molar-refractivity contribution in [1.82, 2.24) is 15.5 Å². The number of hydrogen-bond donors (Lipinski definition) is 1. The summed E-state index contributed by atoms with van der Waals surface area (Å²) >= 11 is 0. The molecule has 3 heterocycles. The molecule has 0 spiro atoms. The van der Waals surface area contributed by atoms with E-state index in [0.29, 0.717) is 24.4 Å². The lowest BCUT2D eigenvalue weighted by atomic mass is 10.1. The molecule has 0 bridgehead atoms. The van der Waals surface area contributed by atoms with Crippen LogP contribution in [0.3, 0.4) is 0 Å². The molecule has 4 rings (SSSR count). The van der Waals surface area contributed by atoms with E-state index >= 15 is 0 Å². The van der Waals surface area contributed by atoms with Crippen molar-refractivity contribution in [2.75, 3.05) is 0 Å². The first kappa shape index (κ1) is 14.6. The molecular formula is C18H14FN3O2. The molecule has 4 aromatic rings. The molecular weight excluding hydrogens is 309 g/mol. The molecule has 0 saturated heterocycles. The summed E-state index contributed by atoms with van der Waals surface area (Å²) in [5, 5.41) is 8.00. The first-order valence-corrected chi connectivity index (χ1v) is 7.53. The number of aromatic nitrogens is 2. The van der Waals surface area contributed by atoms with Crippen molar-refractivity contribution in [1.29, 1.82) is 0 Å². The molecule has 0 atom stereocenters. The molecule has 0 aliphatic heterocycles. The monoisotopic (exact) mass is 323 g/mol. The van der Waals surface area contributed by atoms with Gasteiger partial charge in [0.25, 0.3) is 0 Å². The zero-order chi connectivity index (χ0) is 16.4. The van der Waals surface area contributed by atoms with Crippen molar-refractivity contribution in [3.8, 4) is 11.5 Å². The molecule has 0 amide bonds. The Hall–Kier alpha value is -2.99. The number of benzene rings is 1. The van der Waals surface area contributed by atoms with Crippen LogP contribution in [-0.4, -0.2) is 10.1 Å². The van der Waals surface area contributed by atoms with Crippen LogP contribution in [0.15, 0.2) is 63.9 Å². The van der Waals surface area contributed by atoms with Gasteiger partial charge in [-0.3, -0.25) is 4.98 Å². The quantitative estimate of drug-likeness (QED) is 0.603. The molecule has 1 aromatic carbocycles. The maximum absolute atomic E-state index is 13.6. The summed E-state index contributed by atoms with van der Waals surface area (Å²) in [6.07, 6.45) is 3.26.